The molecule has 98 valence electrons. The number of morpholine rings is 1. The van der Waals surface area contributed by atoms with Gasteiger partial charge >= 0.3 is 0 Å². The summed E-state index contributed by atoms with van der Waals surface area (Å²) in [5.41, 5.74) is 0.713. The van der Waals surface area contributed by atoms with E-state index in [4.69, 9.17) is 16.3 Å². The van der Waals surface area contributed by atoms with Crippen molar-refractivity contribution in [1.82, 2.24) is 4.90 Å². The maximum absolute atomic E-state index is 12.4. The lowest BCUT2D eigenvalue weighted by atomic mass is 10.1. The van der Waals surface area contributed by atoms with Crippen LogP contribution < -0.4 is 0 Å². The van der Waals surface area contributed by atoms with Crippen LogP contribution in [0.2, 0.25) is 0 Å². The molecule has 1 aromatic rings. The van der Waals surface area contributed by atoms with Crippen LogP contribution in [0.4, 0.5) is 0 Å². The SMILES string of the molecule is CSc1ccc(C(=O)N2CCOCC2CCl)cc1. The molecule has 1 amide bonds. The van der Waals surface area contributed by atoms with Crippen LogP contribution in [0.3, 0.4) is 0 Å². The molecule has 3 nitrogen and oxygen atoms in total. The zero-order valence-corrected chi connectivity index (χ0v) is 11.8. The summed E-state index contributed by atoms with van der Waals surface area (Å²) in [4.78, 5) is 15.3. The lowest BCUT2D eigenvalue weighted by Crippen LogP contribution is -2.49. The molecule has 5 heteroatoms. The van der Waals surface area contributed by atoms with Gasteiger partial charge in [0.1, 0.15) is 0 Å². The van der Waals surface area contributed by atoms with Crippen LogP contribution >= 0.6 is 23.4 Å². The van der Waals surface area contributed by atoms with E-state index < -0.39 is 0 Å². The molecule has 1 aliphatic heterocycles. The van der Waals surface area contributed by atoms with Crippen molar-refractivity contribution in [2.45, 2.75) is 10.9 Å². The lowest BCUT2D eigenvalue weighted by Gasteiger charge is -2.34. The second-order valence-electron chi connectivity index (χ2n) is 4.11. The van der Waals surface area contributed by atoms with Gasteiger partial charge in [0.05, 0.1) is 19.3 Å². The molecule has 0 aromatic heterocycles. The normalized spacial score (nSPS) is 19.9. The highest BCUT2D eigenvalue weighted by atomic mass is 35.5. The van der Waals surface area contributed by atoms with E-state index in [1.54, 1.807) is 11.8 Å². The zero-order valence-electron chi connectivity index (χ0n) is 10.3. The van der Waals surface area contributed by atoms with Crippen LogP contribution in [-0.4, -0.2) is 48.7 Å². The van der Waals surface area contributed by atoms with Crippen LogP contribution in [0.15, 0.2) is 29.2 Å². The highest BCUT2D eigenvalue weighted by Crippen LogP contribution is 2.18. The number of nitrogens with zero attached hydrogens (tertiary/aromatic N) is 1. The fourth-order valence-electron chi connectivity index (χ4n) is 1.95. The highest BCUT2D eigenvalue weighted by Gasteiger charge is 2.27. The topological polar surface area (TPSA) is 29.5 Å². The fourth-order valence-corrected chi connectivity index (χ4v) is 2.61. The lowest BCUT2D eigenvalue weighted by molar-refractivity contribution is 0.00456. The summed E-state index contributed by atoms with van der Waals surface area (Å²) in [7, 11) is 0. The maximum Gasteiger partial charge on any atom is 0.254 e. The third-order valence-electron chi connectivity index (χ3n) is 3.00. The fraction of sp³-hybridized carbons (Fsp3) is 0.462. The van der Waals surface area contributed by atoms with Gasteiger partial charge < -0.3 is 9.64 Å². The van der Waals surface area contributed by atoms with Gasteiger partial charge in [0.15, 0.2) is 0 Å². The van der Waals surface area contributed by atoms with E-state index in [0.717, 1.165) is 4.90 Å². The molecule has 1 atom stereocenters. The van der Waals surface area contributed by atoms with E-state index in [9.17, 15) is 4.79 Å². The Morgan fingerprint density at radius 2 is 2.22 bits per heavy atom. The number of thioether (sulfide) groups is 1. The van der Waals surface area contributed by atoms with Gasteiger partial charge in [0.2, 0.25) is 0 Å². The molecule has 2 rings (SSSR count). The van der Waals surface area contributed by atoms with Crippen molar-refractivity contribution >= 4 is 29.3 Å². The van der Waals surface area contributed by atoms with Crippen molar-refractivity contribution in [2.75, 3.05) is 31.9 Å². The van der Waals surface area contributed by atoms with Gasteiger partial charge in [-0.25, -0.2) is 0 Å². The Morgan fingerprint density at radius 1 is 1.50 bits per heavy atom. The van der Waals surface area contributed by atoms with E-state index >= 15 is 0 Å². The average molecular weight is 286 g/mol. The molecular weight excluding hydrogens is 270 g/mol. The Labute approximate surface area is 116 Å². The van der Waals surface area contributed by atoms with Gasteiger partial charge in [-0.2, -0.15) is 0 Å². The minimum atomic E-state index is -0.0202. The van der Waals surface area contributed by atoms with Crippen LogP contribution in [-0.2, 0) is 4.74 Å². The van der Waals surface area contributed by atoms with E-state index in [2.05, 4.69) is 0 Å². The van der Waals surface area contributed by atoms with E-state index in [1.165, 1.54) is 0 Å². The number of benzene rings is 1. The molecule has 1 saturated heterocycles. The highest BCUT2D eigenvalue weighted by molar-refractivity contribution is 7.98. The summed E-state index contributed by atoms with van der Waals surface area (Å²) in [6, 6.07) is 7.65. The summed E-state index contributed by atoms with van der Waals surface area (Å²) in [6.07, 6.45) is 2.02. The molecule has 1 aliphatic rings. The van der Waals surface area contributed by atoms with Gasteiger partial charge in [-0.1, -0.05) is 0 Å². The maximum atomic E-state index is 12.4. The van der Waals surface area contributed by atoms with Gasteiger partial charge in [0.25, 0.3) is 5.91 Å². The number of halogens is 1. The smallest absolute Gasteiger partial charge is 0.254 e. The standard InChI is InChI=1S/C13H16ClNO2S/c1-18-12-4-2-10(3-5-12)13(16)15-6-7-17-9-11(15)8-14/h2-5,11H,6-9H2,1H3. The molecule has 1 fully saturated rings. The number of hydrogen-bond donors (Lipinski definition) is 0. The average Bonchev–Trinajstić information content (AvgIpc) is 2.46. The van der Waals surface area contributed by atoms with Crippen molar-refractivity contribution in [3.63, 3.8) is 0 Å². The van der Waals surface area contributed by atoms with Crippen molar-refractivity contribution in [2.24, 2.45) is 0 Å². The molecule has 0 aliphatic carbocycles. The second-order valence-corrected chi connectivity index (χ2v) is 5.30. The molecule has 1 heterocycles. The minimum Gasteiger partial charge on any atom is -0.377 e. The second kappa shape index (κ2) is 6.45. The van der Waals surface area contributed by atoms with Crippen molar-refractivity contribution in [3.8, 4) is 0 Å². The van der Waals surface area contributed by atoms with E-state index in [1.807, 2.05) is 35.4 Å². The number of ether oxygens (including phenoxy) is 1. The Hall–Kier alpha value is -0.710. The number of alkyl halides is 1. The number of amides is 1. The quantitative estimate of drug-likeness (QED) is 0.631. The first-order chi connectivity index (χ1) is 8.76. The first-order valence-electron chi connectivity index (χ1n) is 5.85. The number of rotatable bonds is 3. The first kappa shape index (κ1) is 13.7. The minimum absolute atomic E-state index is 0.0202. The number of carbonyl (C=O) groups is 1. The van der Waals surface area contributed by atoms with Crippen molar-refractivity contribution in [1.29, 1.82) is 0 Å². The summed E-state index contributed by atoms with van der Waals surface area (Å²) >= 11 is 7.54. The molecule has 0 N–H and O–H groups in total. The third-order valence-corrected chi connectivity index (χ3v) is 4.10. The number of hydrogen-bond acceptors (Lipinski definition) is 3. The predicted octanol–water partition coefficient (Wildman–Crippen LogP) is 2.49. The molecule has 0 saturated carbocycles. The number of carbonyl (C=O) groups excluding carboxylic acids is 1. The molecule has 0 radical (unpaired) electrons. The van der Waals surface area contributed by atoms with Crippen LogP contribution in [0, 0.1) is 0 Å². The van der Waals surface area contributed by atoms with Crippen molar-refractivity contribution in [3.05, 3.63) is 29.8 Å². The van der Waals surface area contributed by atoms with Gasteiger partial charge in [-0.3, -0.25) is 4.79 Å². The molecule has 1 aromatic carbocycles. The molecule has 0 spiro atoms. The summed E-state index contributed by atoms with van der Waals surface area (Å²) in [5.74, 6) is 0.450. The predicted molar refractivity (Wildman–Crippen MR) is 74.6 cm³/mol. The third kappa shape index (κ3) is 2.99. The van der Waals surface area contributed by atoms with Crippen LogP contribution in [0.1, 0.15) is 10.4 Å². The summed E-state index contributed by atoms with van der Waals surface area (Å²) in [6.45, 7) is 1.72. The van der Waals surface area contributed by atoms with Gasteiger partial charge in [-0.05, 0) is 30.5 Å². The van der Waals surface area contributed by atoms with E-state index in [0.29, 0.717) is 31.2 Å². The largest absolute Gasteiger partial charge is 0.377 e. The molecular formula is C13H16ClNO2S. The van der Waals surface area contributed by atoms with Crippen LogP contribution in [0.5, 0.6) is 0 Å². The monoisotopic (exact) mass is 285 g/mol. The van der Waals surface area contributed by atoms with Gasteiger partial charge in [0, 0.05) is 22.9 Å². The Balaban J connectivity index is 2.13. The first-order valence-corrected chi connectivity index (χ1v) is 7.61. The Morgan fingerprint density at radius 3 is 2.83 bits per heavy atom. The van der Waals surface area contributed by atoms with Gasteiger partial charge in [-0.15, -0.1) is 23.4 Å². The van der Waals surface area contributed by atoms with E-state index in [-0.39, 0.29) is 11.9 Å². The molecule has 18 heavy (non-hydrogen) atoms. The van der Waals surface area contributed by atoms with Crippen molar-refractivity contribution < 1.29 is 9.53 Å². The zero-order chi connectivity index (χ0) is 13.0. The van der Waals surface area contributed by atoms with Crippen LogP contribution in [0.25, 0.3) is 0 Å². The molecule has 1 unspecified atom stereocenters. The summed E-state index contributed by atoms with van der Waals surface area (Å²) in [5, 5.41) is 0. The Bertz CT molecular complexity index is 410. The molecule has 0 bridgehead atoms. The summed E-state index contributed by atoms with van der Waals surface area (Å²) < 4.78 is 5.34. The Kier molecular flexibility index (Phi) is 4.92.